The smallest absolute Gasteiger partial charge is 0.258 e. The molecular weight excluding hydrogens is 264 g/mol. The van der Waals surface area contributed by atoms with Gasteiger partial charge in [0.05, 0.1) is 23.4 Å². The van der Waals surface area contributed by atoms with Gasteiger partial charge in [0, 0.05) is 19.2 Å². The summed E-state index contributed by atoms with van der Waals surface area (Å²) in [5, 5.41) is 0.321. The van der Waals surface area contributed by atoms with Gasteiger partial charge in [-0.05, 0) is 6.07 Å². The summed E-state index contributed by atoms with van der Waals surface area (Å²) in [5.41, 5.74) is 6.43. The third-order valence-corrected chi connectivity index (χ3v) is 2.86. The van der Waals surface area contributed by atoms with Gasteiger partial charge in [-0.1, -0.05) is 23.8 Å². The third-order valence-electron chi connectivity index (χ3n) is 2.54. The van der Waals surface area contributed by atoms with E-state index in [1.165, 1.54) is 19.2 Å². The molecule has 102 valence electrons. The largest absolute Gasteiger partial charge is 0.496 e. The van der Waals surface area contributed by atoms with Crippen LogP contribution in [-0.2, 0) is 0 Å². The summed E-state index contributed by atoms with van der Waals surface area (Å²) in [5.74, 6) is 0.184. The molecule has 5 heteroatoms. The zero-order valence-corrected chi connectivity index (χ0v) is 11.6. The molecule has 0 bridgehead atoms. The number of amides is 1. The molecule has 19 heavy (non-hydrogen) atoms. The summed E-state index contributed by atoms with van der Waals surface area (Å²) >= 11 is 5.95. The van der Waals surface area contributed by atoms with Crippen molar-refractivity contribution in [1.82, 2.24) is 4.90 Å². The summed E-state index contributed by atoms with van der Waals surface area (Å²) in [4.78, 5) is 14.0. The molecule has 0 heterocycles. The molecule has 1 amide bonds. The lowest BCUT2D eigenvalue weighted by Gasteiger charge is -2.21. The molecule has 0 unspecified atom stereocenters. The van der Waals surface area contributed by atoms with E-state index >= 15 is 0 Å². The molecule has 1 aromatic rings. The number of carbonyl (C=O) groups excluding carboxylic acids is 1. The molecule has 0 aliphatic heterocycles. The Bertz CT molecular complexity index is 490. The van der Waals surface area contributed by atoms with Crippen molar-refractivity contribution in [3.63, 3.8) is 0 Å². The molecule has 0 saturated carbocycles. The van der Waals surface area contributed by atoms with Crippen LogP contribution < -0.4 is 10.5 Å². The number of ether oxygens (including phenoxy) is 1. The minimum absolute atomic E-state index is 0.210. The monoisotopic (exact) mass is 280 g/mol. The van der Waals surface area contributed by atoms with E-state index in [2.05, 4.69) is 13.2 Å². The number of methoxy groups -OCH3 is 1. The number of benzene rings is 1. The number of halogens is 1. The number of hydrogen-bond donors (Lipinski definition) is 1. The van der Waals surface area contributed by atoms with Gasteiger partial charge in [0.15, 0.2) is 0 Å². The number of nitrogens with two attached hydrogens (primary N) is 1. The molecule has 1 aromatic carbocycles. The Morgan fingerprint density at radius 1 is 1.42 bits per heavy atom. The average molecular weight is 281 g/mol. The molecule has 4 nitrogen and oxygen atoms in total. The van der Waals surface area contributed by atoms with E-state index in [-0.39, 0.29) is 5.91 Å². The van der Waals surface area contributed by atoms with Crippen molar-refractivity contribution in [2.75, 3.05) is 25.9 Å². The standard InChI is InChI=1S/C14H17ClN2O2/c1-4-6-17(7-5-2)14(18)10-8-11(15)12(16)9-13(10)19-3/h4-5,8-9H,1-2,6-7,16H2,3H3. The second-order valence-corrected chi connectivity index (χ2v) is 4.27. The lowest BCUT2D eigenvalue weighted by Crippen LogP contribution is -2.31. The fourth-order valence-electron chi connectivity index (χ4n) is 1.63. The molecule has 0 atom stereocenters. The van der Waals surface area contributed by atoms with Crippen molar-refractivity contribution < 1.29 is 9.53 Å². The first-order valence-electron chi connectivity index (χ1n) is 5.69. The molecule has 2 N–H and O–H groups in total. The number of nitrogens with zero attached hydrogens (tertiary/aromatic N) is 1. The predicted octanol–water partition coefficient (Wildman–Crippen LogP) is 2.75. The first kappa shape index (κ1) is 15.1. The SMILES string of the molecule is C=CCN(CC=C)C(=O)c1cc(Cl)c(N)cc1OC. The highest BCUT2D eigenvalue weighted by Crippen LogP contribution is 2.29. The number of rotatable bonds is 6. The molecule has 0 fully saturated rings. The van der Waals surface area contributed by atoms with E-state index < -0.39 is 0 Å². The van der Waals surface area contributed by atoms with E-state index in [4.69, 9.17) is 22.1 Å². The lowest BCUT2D eigenvalue weighted by molar-refractivity contribution is 0.0787. The van der Waals surface area contributed by atoms with E-state index in [0.29, 0.717) is 35.1 Å². The highest BCUT2D eigenvalue weighted by molar-refractivity contribution is 6.33. The Kier molecular flexibility index (Phi) is 5.45. The van der Waals surface area contributed by atoms with Crippen LogP contribution in [0.25, 0.3) is 0 Å². The molecular formula is C14H17ClN2O2. The van der Waals surface area contributed by atoms with Crippen molar-refractivity contribution >= 4 is 23.2 Å². The van der Waals surface area contributed by atoms with Crippen LogP contribution in [0.2, 0.25) is 5.02 Å². The molecule has 0 radical (unpaired) electrons. The Morgan fingerprint density at radius 3 is 2.47 bits per heavy atom. The van der Waals surface area contributed by atoms with Crippen molar-refractivity contribution in [2.24, 2.45) is 0 Å². The van der Waals surface area contributed by atoms with E-state index in [1.807, 2.05) is 0 Å². The van der Waals surface area contributed by atoms with Gasteiger partial charge in [0.2, 0.25) is 0 Å². The van der Waals surface area contributed by atoms with Crippen LogP contribution in [0.4, 0.5) is 5.69 Å². The van der Waals surface area contributed by atoms with Gasteiger partial charge >= 0.3 is 0 Å². The van der Waals surface area contributed by atoms with Gasteiger partial charge in [0.25, 0.3) is 5.91 Å². The Hall–Kier alpha value is -1.94. The van der Waals surface area contributed by atoms with Crippen LogP contribution in [0.15, 0.2) is 37.4 Å². The van der Waals surface area contributed by atoms with Crippen LogP contribution in [0.3, 0.4) is 0 Å². The summed E-state index contributed by atoms with van der Waals surface area (Å²) in [6, 6.07) is 3.05. The van der Waals surface area contributed by atoms with Crippen LogP contribution in [0, 0.1) is 0 Å². The molecule has 0 saturated heterocycles. The van der Waals surface area contributed by atoms with Crippen LogP contribution in [0.1, 0.15) is 10.4 Å². The van der Waals surface area contributed by atoms with E-state index in [1.54, 1.807) is 17.1 Å². The van der Waals surface area contributed by atoms with Gasteiger partial charge in [-0.15, -0.1) is 13.2 Å². The first-order chi connectivity index (χ1) is 9.04. The summed E-state index contributed by atoms with van der Waals surface area (Å²) in [6.07, 6.45) is 3.29. The third kappa shape index (κ3) is 3.51. The molecule has 0 aliphatic carbocycles. The van der Waals surface area contributed by atoms with Crippen molar-refractivity contribution in [3.8, 4) is 5.75 Å². The van der Waals surface area contributed by atoms with Gasteiger partial charge in [-0.3, -0.25) is 4.79 Å². The fraction of sp³-hybridized carbons (Fsp3) is 0.214. The van der Waals surface area contributed by atoms with E-state index in [9.17, 15) is 4.79 Å². The summed E-state index contributed by atoms with van der Waals surface area (Å²) in [7, 11) is 1.48. The fourth-order valence-corrected chi connectivity index (χ4v) is 1.79. The Morgan fingerprint density at radius 2 is 2.00 bits per heavy atom. The first-order valence-corrected chi connectivity index (χ1v) is 6.07. The van der Waals surface area contributed by atoms with Crippen molar-refractivity contribution in [2.45, 2.75) is 0 Å². The quantitative estimate of drug-likeness (QED) is 0.644. The highest BCUT2D eigenvalue weighted by atomic mass is 35.5. The second kappa shape index (κ2) is 6.85. The number of anilines is 1. The average Bonchev–Trinajstić information content (AvgIpc) is 2.40. The maximum absolute atomic E-state index is 12.4. The summed E-state index contributed by atoms with van der Waals surface area (Å²) < 4.78 is 5.17. The molecule has 0 aliphatic rings. The zero-order chi connectivity index (χ0) is 14.4. The van der Waals surface area contributed by atoms with Gasteiger partial charge < -0.3 is 15.4 Å². The number of hydrogen-bond acceptors (Lipinski definition) is 3. The molecule has 1 rings (SSSR count). The van der Waals surface area contributed by atoms with Crippen molar-refractivity contribution in [3.05, 3.63) is 48.0 Å². The van der Waals surface area contributed by atoms with Crippen LogP contribution in [0.5, 0.6) is 5.75 Å². The van der Waals surface area contributed by atoms with Crippen LogP contribution in [-0.4, -0.2) is 31.0 Å². The maximum atomic E-state index is 12.4. The van der Waals surface area contributed by atoms with Gasteiger partial charge in [0.1, 0.15) is 5.75 Å². The topological polar surface area (TPSA) is 55.6 Å². The predicted molar refractivity (Wildman–Crippen MR) is 78.7 cm³/mol. The second-order valence-electron chi connectivity index (χ2n) is 3.86. The van der Waals surface area contributed by atoms with E-state index in [0.717, 1.165) is 0 Å². The highest BCUT2D eigenvalue weighted by Gasteiger charge is 2.19. The van der Waals surface area contributed by atoms with Gasteiger partial charge in [-0.2, -0.15) is 0 Å². The number of carbonyl (C=O) groups is 1. The molecule has 0 aromatic heterocycles. The number of nitrogen functional groups attached to an aromatic ring is 1. The minimum atomic E-state index is -0.210. The van der Waals surface area contributed by atoms with Gasteiger partial charge in [-0.25, -0.2) is 0 Å². The normalized spacial score (nSPS) is 9.79. The Labute approximate surface area is 118 Å². The Balaban J connectivity index is 3.19. The van der Waals surface area contributed by atoms with Crippen molar-refractivity contribution in [1.29, 1.82) is 0 Å². The van der Waals surface area contributed by atoms with Crippen LogP contribution >= 0.6 is 11.6 Å². The molecule has 0 spiro atoms. The minimum Gasteiger partial charge on any atom is -0.496 e. The summed E-state index contributed by atoms with van der Waals surface area (Å²) in [6.45, 7) is 8.08. The maximum Gasteiger partial charge on any atom is 0.258 e. The lowest BCUT2D eigenvalue weighted by atomic mass is 10.1. The zero-order valence-electron chi connectivity index (χ0n) is 10.9.